The van der Waals surface area contributed by atoms with E-state index in [1.165, 1.54) is 0 Å². The zero-order valence-electron chi connectivity index (χ0n) is 11.2. The molecular formula is C13H13BrN2O4S. The average molecular weight is 373 g/mol. The first kappa shape index (κ1) is 14.5. The van der Waals surface area contributed by atoms with Crippen LogP contribution in [0.1, 0.15) is 16.8 Å². The molecule has 1 fully saturated rings. The lowest BCUT2D eigenvalue weighted by Gasteiger charge is -2.27. The van der Waals surface area contributed by atoms with Crippen LogP contribution in [0.3, 0.4) is 0 Å². The monoisotopic (exact) mass is 372 g/mol. The molecule has 1 unspecified atom stereocenters. The first-order chi connectivity index (χ1) is 9.78. The average Bonchev–Trinajstić information content (AvgIpc) is 2.90. The molecule has 2 aliphatic rings. The van der Waals surface area contributed by atoms with Gasteiger partial charge in [-0.3, -0.25) is 9.59 Å². The molecule has 0 aliphatic carbocycles. The lowest BCUT2D eigenvalue weighted by molar-refractivity contribution is -0.112. The fraction of sp³-hybridized carbons (Fsp3) is 0.385. The van der Waals surface area contributed by atoms with Crippen molar-refractivity contribution in [1.82, 2.24) is 0 Å². The molecule has 1 aromatic rings. The van der Waals surface area contributed by atoms with Gasteiger partial charge in [0.15, 0.2) is 9.84 Å². The van der Waals surface area contributed by atoms with Gasteiger partial charge in [-0.25, -0.2) is 8.42 Å². The Kier molecular flexibility index (Phi) is 3.32. The van der Waals surface area contributed by atoms with Gasteiger partial charge in [0.1, 0.15) is 0 Å². The first-order valence-electron chi connectivity index (χ1n) is 6.41. The van der Waals surface area contributed by atoms with E-state index in [1.54, 1.807) is 12.1 Å². The molecule has 8 heteroatoms. The second kappa shape index (κ2) is 4.81. The fourth-order valence-corrected chi connectivity index (χ4v) is 5.10. The van der Waals surface area contributed by atoms with E-state index in [-0.39, 0.29) is 17.5 Å². The van der Waals surface area contributed by atoms with Crippen LogP contribution in [0.2, 0.25) is 0 Å². The number of rotatable bonds is 2. The molecule has 1 atom stereocenters. The summed E-state index contributed by atoms with van der Waals surface area (Å²) in [6.07, 6.45) is 0.577. The van der Waals surface area contributed by atoms with E-state index in [0.717, 1.165) is 5.69 Å². The summed E-state index contributed by atoms with van der Waals surface area (Å²) in [6, 6.07) is 3.20. The number of amides is 1. The molecular weight excluding hydrogens is 360 g/mol. The van der Waals surface area contributed by atoms with Crippen molar-refractivity contribution >= 4 is 48.8 Å². The number of fused-ring (bicyclic) bond motifs is 1. The number of nitrogens with one attached hydrogen (secondary N) is 1. The third-order valence-electron chi connectivity index (χ3n) is 3.92. The van der Waals surface area contributed by atoms with Crippen molar-refractivity contribution in [3.63, 3.8) is 0 Å². The standard InChI is InChI=1S/C13H13BrN2O4S/c1-16(7-2-3-21(19,20)6-7)11-5-10-8(4-9(11)14)12(17)13(18)15-10/h4-5,7H,2-3,6H2,1H3,(H,15,17,18). The molecule has 0 bridgehead atoms. The molecule has 0 spiro atoms. The van der Waals surface area contributed by atoms with E-state index >= 15 is 0 Å². The van der Waals surface area contributed by atoms with Gasteiger partial charge in [0.2, 0.25) is 0 Å². The van der Waals surface area contributed by atoms with Crippen LogP contribution in [0.5, 0.6) is 0 Å². The molecule has 6 nitrogen and oxygen atoms in total. The molecule has 112 valence electrons. The van der Waals surface area contributed by atoms with E-state index in [9.17, 15) is 18.0 Å². The van der Waals surface area contributed by atoms with Crippen molar-refractivity contribution < 1.29 is 18.0 Å². The summed E-state index contributed by atoms with van der Waals surface area (Å²) >= 11 is 3.39. The minimum absolute atomic E-state index is 0.0999. The number of anilines is 2. The van der Waals surface area contributed by atoms with Crippen molar-refractivity contribution in [3.05, 3.63) is 22.2 Å². The van der Waals surface area contributed by atoms with Crippen LogP contribution in [0.15, 0.2) is 16.6 Å². The van der Waals surface area contributed by atoms with E-state index in [4.69, 9.17) is 0 Å². The highest BCUT2D eigenvalue weighted by Gasteiger charge is 2.33. The molecule has 0 aromatic heterocycles. The molecule has 2 aliphatic heterocycles. The number of halogens is 1. The molecule has 1 aromatic carbocycles. The molecule has 1 N–H and O–H groups in total. The second-order valence-electron chi connectivity index (χ2n) is 5.30. The number of hydrogen-bond acceptors (Lipinski definition) is 5. The number of ketones is 1. The zero-order valence-corrected chi connectivity index (χ0v) is 13.6. The highest BCUT2D eigenvalue weighted by molar-refractivity contribution is 9.10. The van der Waals surface area contributed by atoms with Crippen molar-refractivity contribution in [1.29, 1.82) is 0 Å². The maximum atomic E-state index is 11.6. The van der Waals surface area contributed by atoms with Gasteiger partial charge in [0.05, 0.1) is 28.4 Å². The summed E-state index contributed by atoms with van der Waals surface area (Å²) in [6.45, 7) is 0. The van der Waals surface area contributed by atoms with Gasteiger partial charge in [0, 0.05) is 17.6 Å². The Morgan fingerprint density at radius 3 is 2.67 bits per heavy atom. The Labute approximate surface area is 130 Å². The zero-order chi connectivity index (χ0) is 15.4. The van der Waals surface area contributed by atoms with E-state index in [1.807, 2.05) is 11.9 Å². The summed E-state index contributed by atoms with van der Waals surface area (Å²) in [7, 11) is -1.16. The van der Waals surface area contributed by atoms with E-state index in [2.05, 4.69) is 21.2 Å². The SMILES string of the molecule is CN(c1cc2c(cc1Br)C(=O)C(=O)N2)C1CCS(=O)(=O)C1. The topological polar surface area (TPSA) is 83.6 Å². The van der Waals surface area contributed by atoms with Crippen LogP contribution >= 0.6 is 15.9 Å². The van der Waals surface area contributed by atoms with Crippen molar-refractivity contribution in [3.8, 4) is 0 Å². The number of carbonyl (C=O) groups excluding carboxylic acids is 2. The Bertz CT molecular complexity index is 760. The Balaban J connectivity index is 1.95. The van der Waals surface area contributed by atoms with Gasteiger partial charge < -0.3 is 10.2 Å². The van der Waals surface area contributed by atoms with Gasteiger partial charge in [-0.15, -0.1) is 0 Å². The third-order valence-corrected chi connectivity index (χ3v) is 6.31. The number of sulfone groups is 1. The summed E-state index contributed by atoms with van der Waals surface area (Å²) in [5.41, 5.74) is 1.56. The lowest BCUT2D eigenvalue weighted by atomic mass is 10.1. The smallest absolute Gasteiger partial charge is 0.296 e. The normalized spacial score (nSPS) is 23.0. The minimum atomic E-state index is -2.97. The summed E-state index contributed by atoms with van der Waals surface area (Å²) in [5.74, 6) is -0.874. The quantitative estimate of drug-likeness (QED) is 0.788. The van der Waals surface area contributed by atoms with Gasteiger partial charge in [-0.2, -0.15) is 0 Å². The van der Waals surface area contributed by atoms with Crippen LogP contribution in [-0.2, 0) is 14.6 Å². The van der Waals surface area contributed by atoms with Crippen LogP contribution in [0.4, 0.5) is 11.4 Å². The molecule has 3 rings (SSSR count). The predicted molar refractivity (Wildman–Crippen MR) is 82.6 cm³/mol. The number of Topliss-reactive ketones (excluding diaryl/α,β-unsaturated/α-hetero) is 1. The molecule has 0 radical (unpaired) electrons. The number of benzene rings is 1. The largest absolute Gasteiger partial charge is 0.370 e. The van der Waals surface area contributed by atoms with E-state index in [0.29, 0.717) is 22.1 Å². The third kappa shape index (κ3) is 2.46. The second-order valence-corrected chi connectivity index (χ2v) is 8.38. The highest BCUT2D eigenvalue weighted by atomic mass is 79.9. The number of carbonyl (C=O) groups is 2. The maximum Gasteiger partial charge on any atom is 0.296 e. The number of nitrogens with zero attached hydrogens (tertiary/aromatic N) is 1. The fourth-order valence-electron chi connectivity index (χ4n) is 2.70. The van der Waals surface area contributed by atoms with Crippen LogP contribution in [-0.4, -0.2) is 44.7 Å². The van der Waals surface area contributed by atoms with Gasteiger partial charge in [-0.1, -0.05) is 0 Å². The van der Waals surface area contributed by atoms with Crippen LogP contribution in [0.25, 0.3) is 0 Å². The van der Waals surface area contributed by atoms with Crippen molar-refractivity contribution in [2.24, 2.45) is 0 Å². The number of hydrogen-bond donors (Lipinski definition) is 1. The van der Waals surface area contributed by atoms with E-state index < -0.39 is 21.5 Å². The van der Waals surface area contributed by atoms with Gasteiger partial charge in [-0.05, 0) is 34.5 Å². The minimum Gasteiger partial charge on any atom is -0.370 e. The van der Waals surface area contributed by atoms with Gasteiger partial charge in [0.25, 0.3) is 11.7 Å². The van der Waals surface area contributed by atoms with Crippen molar-refractivity contribution in [2.75, 3.05) is 28.8 Å². The molecule has 1 amide bonds. The molecule has 0 saturated carbocycles. The summed E-state index contributed by atoms with van der Waals surface area (Å²) in [4.78, 5) is 24.9. The molecule has 1 saturated heterocycles. The first-order valence-corrected chi connectivity index (χ1v) is 9.02. The lowest BCUT2D eigenvalue weighted by Crippen LogP contribution is -2.32. The summed E-state index contributed by atoms with van der Waals surface area (Å²) < 4.78 is 23.9. The molecule has 2 heterocycles. The maximum absolute atomic E-state index is 11.6. The van der Waals surface area contributed by atoms with Gasteiger partial charge >= 0.3 is 0 Å². The Hall–Kier alpha value is -1.41. The highest BCUT2D eigenvalue weighted by Crippen LogP contribution is 2.36. The van der Waals surface area contributed by atoms with Crippen LogP contribution < -0.4 is 10.2 Å². The van der Waals surface area contributed by atoms with Crippen LogP contribution in [0, 0.1) is 0 Å². The Morgan fingerprint density at radius 2 is 2.05 bits per heavy atom. The predicted octanol–water partition coefficient (Wildman–Crippen LogP) is 1.21. The Morgan fingerprint density at radius 1 is 1.33 bits per heavy atom. The van der Waals surface area contributed by atoms with Crippen molar-refractivity contribution in [2.45, 2.75) is 12.5 Å². The molecule has 21 heavy (non-hydrogen) atoms. The summed E-state index contributed by atoms with van der Waals surface area (Å²) in [5, 5.41) is 2.52.